The first-order valence-corrected chi connectivity index (χ1v) is 6.75. The summed E-state index contributed by atoms with van der Waals surface area (Å²) < 4.78 is 1.51. The highest BCUT2D eigenvalue weighted by molar-refractivity contribution is 5.87. The lowest BCUT2D eigenvalue weighted by molar-refractivity contribution is 0.0683. The van der Waals surface area contributed by atoms with Crippen LogP contribution in [0.15, 0.2) is 30.3 Å². The molecule has 0 aliphatic carbocycles. The monoisotopic (exact) mass is 272 g/mol. The summed E-state index contributed by atoms with van der Waals surface area (Å²) in [6.07, 6.45) is 0. The number of aromatic nitrogens is 2. The van der Waals surface area contributed by atoms with E-state index in [-0.39, 0.29) is 11.1 Å². The number of carboxylic acids is 1. The van der Waals surface area contributed by atoms with Gasteiger partial charge in [-0.1, -0.05) is 45.0 Å². The summed E-state index contributed by atoms with van der Waals surface area (Å²) in [6, 6.07) is 9.75. The second kappa shape index (κ2) is 5.12. The molecule has 2 rings (SSSR count). The van der Waals surface area contributed by atoms with Crippen LogP contribution in [0.25, 0.3) is 11.3 Å². The number of carboxylic acid groups (broad SMARTS) is 1. The van der Waals surface area contributed by atoms with E-state index in [1.165, 1.54) is 10.2 Å². The van der Waals surface area contributed by atoms with Crippen LogP contribution in [0.2, 0.25) is 0 Å². The summed E-state index contributed by atoms with van der Waals surface area (Å²) in [4.78, 5) is 11.2. The fourth-order valence-corrected chi connectivity index (χ4v) is 2.11. The fraction of sp³-hybridized carbons (Fsp3) is 0.375. The normalized spacial score (nSPS) is 11.6. The molecular formula is C16H20N2O2. The molecule has 0 aliphatic rings. The minimum Gasteiger partial charge on any atom is -0.477 e. The molecule has 1 N–H and O–H groups in total. The quantitative estimate of drug-likeness (QED) is 0.929. The average molecular weight is 272 g/mol. The van der Waals surface area contributed by atoms with Gasteiger partial charge in [-0.05, 0) is 24.0 Å². The van der Waals surface area contributed by atoms with E-state index in [2.05, 4.69) is 38.0 Å². The predicted octanol–water partition coefficient (Wildman–Crippen LogP) is 3.57. The Kier molecular flexibility index (Phi) is 3.66. The van der Waals surface area contributed by atoms with Gasteiger partial charge in [0.25, 0.3) is 0 Å². The van der Waals surface area contributed by atoms with Gasteiger partial charge in [0.1, 0.15) is 5.69 Å². The number of aromatic carboxylic acids is 1. The molecule has 0 spiro atoms. The minimum absolute atomic E-state index is 0.105. The maximum Gasteiger partial charge on any atom is 0.354 e. The van der Waals surface area contributed by atoms with Crippen LogP contribution < -0.4 is 0 Å². The van der Waals surface area contributed by atoms with Crippen molar-refractivity contribution in [2.24, 2.45) is 0 Å². The van der Waals surface area contributed by atoms with Gasteiger partial charge < -0.3 is 5.11 Å². The van der Waals surface area contributed by atoms with E-state index in [0.29, 0.717) is 12.2 Å². The number of carbonyl (C=O) groups is 1. The standard InChI is InChI=1S/C16H20N2O2/c1-5-18-14(15(19)20)10-13(17-18)11-6-8-12(9-7-11)16(2,3)4/h6-10H,5H2,1-4H3,(H,19,20). The molecule has 106 valence electrons. The van der Waals surface area contributed by atoms with Crippen molar-refractivity contribution in [3.8, 4) is 11.3 Å². The molecule has 0 saturated heterocycles. The van der Waals surface area contributed by atoms with Crippen molar-refractivity contribution in [1.82, 2.24) is 9.78 Å². The lowest BCUT2D eigenvalue weighted by Gasteiger charge is -2.18. The van der Waals surface area contributed by atoms with E-state index in [9.17, 15) is 4.79 Å². The summed E-state index contributed by atoms with van der Waals surface area (Å²) in [7, 11) is 0. The van der Waals surface area contributed by atoms with E-state index in [4.69, 9.17) is 5.11 Å². The first-order chi connectivity index (χ1) is 9.32. The van der Waals surface area contributed by atoms with E-state index in [0.717, 1.165) is 5.56 Å². The van der Waals surface area contributed by atoms with Crippen molar-refractivity contribution in [2.45, 2.75) is 39.7 Å². The molecular weight excluding hydrogens is 252 g/mol. The van der Waals surface area contributed by atoms with Gasteiger partial charge in [-0.25, -0.2) is 4.79 Å². The van der Waals surface area contributed by atoms with Gasteiger partial charge in [-0.3, -0.25) is 4.68 Å². The van der Waals surface area contributed by atoms with Crippen molar-refractivity contribution < 1.29 is 9.90 Å². The Morgan fingerprint density at radius 2 is 1.85 bits per heavy atom. The highest BCUT2D eigenvalue weighted by atomic mass is 16.4. The zero-order chi connectivity index (χ0) is 14.9. The highest BCUT2D eigenvalue weighted by Gasteiger charge is 2.16. The van der Waals surface area contributed by atoms with Crippen LogP contribution in [0.3, 0.4) is 0 Å². The molecule has 4 nitrogen and oxygen atoms in total. The Hall–Kier alpha value is -2.10. The molecule has 2 aromatic rings. The van der Waals surface area contributed by atoms with Gasteiger partial charge in [0.15, 0.2) is 0 Å². The molecule has 4 heteroatoms. The second-order valence-electron chi connectivity index (χ2n) is 5.86. The largest absolute Gasteiger partial charge is 0.477 e. The third kappa shape index (κ3) is 2.74. The molecule has 0 aliphatic heterocycles. The summed E-state index contributed by atoms with van der Waals surface area (Å²) in [5.74, 6) is -0.947. The summed E-state index contributed by atoms with van der Waals surface area (Å²) in [5.41, 5.74) is 3.21. The number of nitrogens with zero attached hydrogens (tertiary/aromatic N) is 2. The Bertz CT molecular complexity index is 619. The zero-order valence-corrected chi connectivity index (χ0v) is 12.3. The second-order valence-corrected chi connectivity index (χ2v) is 5.86. The minimum atomic E-state index is -0.947. The molecule has 0 unspecified atom stereocenters. The van der Waals surface area contributed by atoms with Crippen molar-refractivity contribution in [3.05, 3.63) is 41.6 Å². The topological polar surface area (TPSA) is 55.1 Å². The molecule has 1 aromatic heterocycles. The molecule has 0 bridgehead atoms. The molecule has 0 radical (unpaired) electrons. The third-order valence-electron chi connectivity index (χ3n) is 3.35. The molecule has 0 atom stereocenters. The number of rotatable bonds is 3. The Morgan fingerprint density at radius 1 is 1.25 bits per heavy atom. The Labute approximate surface area is 119 Å². The van der Waals surface area contributed by atoms with Crippen molar-refractivity contribution >= 4 is 5.97 Å². The van der Waals surface area contributed by atoms with Gasteiger partial charge >= 0.3 is 5.97 Å². The van der Waals surface area contributed by atoms with Crippen LogP contribution >= 0.6 is 0 Å². The van der Waals surface area contributed by atoms with Gasteiger partial charge in [-0.2, -0.15) is 5.10 Å². The van der Waals surface area contributed by atoms with Crippen molar-refractivity contribution in [1.29, 1.82) is 0 Å². The first-order valence-electron chi connectivity index (χ1n) is 6.75. The van der Waals surface area contributed by atoms with Gasteiger partial charge in [0.05, 0.1) is 5.69 Å². The van der Waals surface area contributed by atoms with Crippen molar-refractivity contribution in [2.75, 3.05) is 0 Å². The fourth-order valence-electron chi connectivity index (χ4n) is 2.11. The molecule has 0 fully saturated rings. The molecule has 0 amide bonds. The SMILES string of the molecule is CCn1nc(-c2ccc(C(C)(C)C)cc2)cc1C(=O)O. The molecule has 20 heavy (non-hydrogen) atoms. The summed E-state index contributed by atoms with van der Waals surface area (Å²) >= 11 is 0. The number of benzene rings is 1. The van der Waals surface area contributed by atoms with Crippen molar-refractivity contribution in [3.63, 3.8) is 0 Å². The van der Waals surface area contributed by atoms with Gasteiger partial charge in [0.2, 0.25) is 0 Å². The predicted molar refractivity (Wildman–Crippen MR) is 79.0 cm³/mol. The number of hydrogen-bond acceptors (Lipinski definition) is 2. The van der Waals surface area contributed by atoms with Crippen LogP contribution in [-0.4, -0.2) is 20.9 Å². The maximum atomic E-state index is 11.2. The Morgan fingerprint density at radius 3 is 2.25 bits per heavy atom. The lowest BCUT2D eigenvalue weighted by Crippen LogP contribution is -2.10. The molecule has 1 heterocycles. The van der Waals surface area contributed by atoms with Crippen LogP contribution in [0, 0.1) is 0 Å². The lowest BCUT2D eigenvalue weighted by atomic mass is 9.86. The average Bonchev–Trinajstić information content (AvgIpc) is 2.82. The van der Waals surface area contributed by atoms with E-state index >= 15 is 0 Å². The number of aryl methyl sites for hydroxylation is 1. The smallest absolute Gasteiger partial charge is 0.354 e. The van der Waals surface area contributed by atoms with Gasteiger partial charge in [0, 0.05) is 12.1 Å². The molecule has 1 aromatic carbocycles. The number of hydrogen-bond donors (Lipinski definition) is 1. The highest BCUT2D eigenvalue weighted by Crippen LogP contribution is 2.26. The van der Waals surface area contributed by atoms with E-state index in [1.807, 2.05) is 19.1 Å². The van der Waals surface area contributed by atoms with E-state index in [1.54, 1.807) is 6.07 Å². The van der Waals surface area contributed by atoms with E-state index < -0.39 is 5.97 Å². The maximum absolute atomic E-state index is 11.2. The van der Waals surface area contributed by atoms with Crippen LogP contribution in [-0.2, 0) is 12.0 Å². The summed E-state index contributed by atoms with van der Waals surface area (Å²) in [5, 5.41) is 13.5. The first kappa shape index (κ1) is 14.3. The van der Waals surface area contributed by atoms with Crippen LogP contribution in [0.5, 0.6) is 0 Å². The molecule has 0 saturated carbocycles. The van der Waals surface area contributed by atoms with Crippen LogP contribution in [0.4, 0.5) is 0 Å². The third-order valence-corrected chi connectivity index (χ3v) is 3.35. The van der Waals surface area contributed by atoms with Crippen LogP contribution in [0.1, 0.15) is 43.7 Å². The van der Waals surface area contributed by atoms with Gasteiger partial charge in [-0.15, -0.1) is 0 Å². The summed E-state index contributed by atoms with van der Waals surface area (Å²) in [6.45, 7) is 8.91. The Balaban J connectivity index is 2.39. The zero-order valence-electron chi connectivity index (χ0n) is 12.3.